The molecule has 0 aliphatic heterocycles. The highest BCUT2D eigenvalue weighted by atomic mass is 16.3. The van der Waals surface area contributed by atoms with Gasteiger partial charge in [0.25, 0.3) is 0 Å². The minimum Gasteiger partial charge on any atom is -0.389 e. The van der Waals surface area contributed by atoms with Crippen molar-refractivity contribution >= 4 is 0 Å². The van der Waals surface area contributed by atoms with Crippen molar-refractivity contribution in [3.8, 4) is 0 Å². The van der Waals surface area contributed by atoms with Gasteiger partial charge in [0, 0.05) is 0 Å². The molecule has 0 spiro atoms. The SMILES string of the molecule is C=CCn1cc[n+](CC(C)O)c1. The molecule has 0 aromatic carbocycles. The van der Waals surface area contributed by atoms with Crippen LogP contribution >= 0.6 is 0 Å². The second-order valence-corrected chi connectivity index (χ2v) is 2.94. The zero-order valence-corrected chi connectivity index (χ0v) is 7.35. The van der Waals surface area contributed by atoms with Crippen LogP contribution in [0.4, 0.5) is 0 Å². The Morgan fingerprint density at radius 2 is 2.50 bits per heavy atom. The van der Waals surface area contributed by atoms with Crippen molar-refractivity contribution in [1.82, 2.24) is 4.57 Å². The van der Waals surface area contributed by atoms with Crippen molar-refractivity contribution < 1.29 is 9.67 Å². The molecule has 3 nitrogen and oxygen atoms in total. The third kappa shape index (κ3) is 2.51. The molecule has 1 heterocycles. The van der Waals surface area contributed by atoms with Crippen LogP contribution in [0.1, 0.15) is 6.92 Å². The first kappa shape index (κ1) is 9.00. The molecule has 1 rings (SSSR count). The zero-order chi connectivity index (χ0) is 8.97. The molecule has 0 bridgehead atoms. The monoisotopic (exact) mass is 167 g/mol. The van der Waals surface area contributed by atoms with Gasteiger partial charge in [-0.15, -0.1) is 0 Å². The molecular formula is C9H15N2O+. The summed E-state index contributed by atoms with van der Waals surface area (Å²) in [7, 11) is 0. The van der Waals surface area contributed by atoms with Crippen molar-refractivity contribution in [3.63, 3.8) is 0 Å². The number of imidazole rings is 1. The Bertz CT molecular complexity index is 253. The van der Waals surface area contributed by atoms with Crippen LogP contribution in [0.3, 0.4) is 0 Å². The summed E-state index contributed by atoms with van der Waals surface area (Å²) in [5.41, 5.74) is 0. The Morgan fingerprint density at radius 1 is 1.75 bits per heavy atom. The molecule has 0 saturated carbocycles. The largest absolute Gasteiger partial charge is 0.389 e. The summed E-state index contributed by atoms with van der Waals surface area (Å²) in [5.74, 6) is 0. The van der Waals surface area contributed by atoms with Crippen LogP contribution in [0.25, 0.3) is 0 Å². The highest BCUT2D eigenvalue weighted by Gasteiger charge is 2.04. The average molecular weight is 167 g/mol. The van der Waals surface area contributed by atoms with E-state index < -0.39 is 0 Å². The van der Waals surface area contributed by atoms with Crippen LogP contribution in [-0.4, -0.2) is 15.8 Å². The summed E-state index contributed by atoms with van der Waals surface area (Å²) in [6.45, 7) is 6.88. The van der Waals surface area contributed by atoms with E-state index in [2.05, 4.69) is 6.58 Å². The Hall–Kier alpha value is -1.09. The van der Waals surface area contributed by atoms with Gasteiger partial charge >= 0.3 is 0 Å². The smallest absolute Gasteiger partial charge is 0.244 e. The molecule has 12 heavy (non-hydrogen) atoms. The van der Waals surface area contributed by atoms with Gasteiger partial charge in [-0.2, -0.15) is 0 Å². The number of aromatic nitrogens is 2. The molecule has 1 atom stereocenters. The van der Waals surface area contributed by atoms with E-state index >= 15 is 0 Å². The quantitative estimate of drug-likeness (QED) is 0.508. The lowest BCUT2D eigenvalue weighted by molar-refractivity contribution is -0.702. The number of hydrogen-bond donors (Lipinski definition) is 1. The van der Waals surface area contributed by atoms with Gasteiger partial charge in [-0.3, -0.25) is 0 Å². The molecule has 1 N–H and O–H groups in total. The molecule has 0 fully saturated rings. The molecule has 3 heteroatoms. The minimum atomic E-state index is -0.297. The summed E-state index contributed by atoms with van der Waals surface area (Å²) in [6, 6.07) is 0. The number of aliphatic hydroxyl groups is 1. The minimum absolute atomic E-state index is 0.297. The maximum atomic E-state index is 9.09. The summed E-state index contributed by atoms with van der Waals surface area (Å²) in [5, 5.41) is 9.09. The van der Waals surface area contributed by atoms with Crippen LogP contribution in [0.2, 0.25) is 0 Å². The van der Waals surface area contributed by atoms with Gasteiger partial charge in [-0.1, -0.05) is 12.7 Å². The van der Waals surface area contributed by atoms with Gasteiger partial charge < -0.3 is 5.11 Å². The van der Waals surface area contributed by atoms with E-state index in [0.29, 0.717) is 6.54 Å². The van der Waals surface area contributed by atoms with Crippen LogP contribution in [0.15, 0.2) is 31.4 Å². The highest BCUT2D eigenvalue weighted by molar-refractivity contribution is 4.74. The van der Waals surface area contributed by atoms with Crippen LogP contribution in [0, 0.1) is 0 Å². The van der Waals surface area contributed by atoms with E-state index in [4.69, 9.17) is 5.11 Å². The molecule has 1 unspecified atom stereocenters. The first-order chi connectivity index (χ1) is 5.72. The van der Waals surface area contributed by atoms with Crippen molar-refractivity contribution in [1.29, 1.82) is 0 Å². The second kappa shape index (κ2) is 4.07. The Balaban J connectivity index is 2.57. The van der Waals surface area contributed by atoms with Gasteiger partial charge in [0.05, 0.1) is 6.10 Å². The van der Waals surface area contributed by atoms with E-state index in [1.807, 2.05) is 33.9 Å². The molecule has 0 aliphatic carbocycles. The van der Waals surface area contributed by atoms with Gasteiger partial charge in [0.15, 0.2) is 0 Å². The van der Waals surface area contributed by atoms with E-state index in [1.165, 1.54) is 0 Å². The summed E-state index contributed by atoms with van der Waals surface area (Å²) < 4.78 is 3.96. The Labute approximate surface area is 72.6 Å². The lowest BCUT2D eigenvalue weighted by Gasteiger charge is -1.97. The maximum absolute atomic E-state index is 9.09. The number of allylic oxidation sites excluding steroid dienone is 1. The fourth-order valence-electron chi connectivity index (χ4n) is 1.11. The van der Waals surface area contributed by atoms with E-state index in [0.717, 1.165) is 6.54 Å². The van der Waals surface area contributed by atoms with Crippen molar-refractivity contribution in [2.24, 2.45) is 0 Å². The zero-order valence-electron chi connectivity index (χ0n) is 7.35. The lowest BCUT2D eigenvalue weighted by Crippen LogP contribution is -2.36. The maximum Gasteiger partial charge on any atom is 0.244 e. The first-order valence-corrected chi connectivity index (χ1v) is 4.06. The molecular weight excluding hydrogens is 152 g/mol. The number of aliphatic hydroxyl groups excluding tert-OH is 1. The topological polar surface area (TPSA) is 29.0 Å². The van der Waals surface area contributed by atoms with Gasteiger partial charge in [-0.05, 0) is 6.92 Å². The predicted octanol–water partition coefficient (Wildman–Crippen LogP) is 0.342. The van der Waals surface area contributed by atoms with Crippen LogP contribution in [-0.2, 0) is 13.1 Å². The first-order valence-electron chi connectivity index (χ1n) is 4.06. The molecule has 1 aromatic heterocycles. The van der Waals surface area contributed by atoms with Crippen LogP contribution < -0.4 is 4.57 Å². The normalized spacial score (nSPS) is 12.8. The van der Waals surface area contributed by atoms with Crippen LogP contribution in [0.5, 0.6) is 0 Å². The number of nitrogens with zero attached hydrogens (tertiary/aromatic N) is 2. The summed E-state index contributed by atoms with van der Waals surface area (Å²) >= 11 is 0. The third-order valence-electron chi connectivity index (χ3n) is 1.56. The van der Waals surface area contributed by atoms with E-state index in [1.54, 1.807) is 6.92 Å². The van der Waals surface area contributed by atoms with Gasteiger partial charge in [-0.25, -0.2) is 9.13 Å². The Kier molecular flexibility index (Phi) is 3.05. The number of hydrogen-bond acceptors (Lipinski definition) is 1. The van der Waals surface area contributed by atoms with Crippen molar-refractivity contribution in [3.05, 3.63) is 31.4 Å². The molecule has 66 valence electrons. The predicted molar refractivity (Wildman–Crippen MR) is 46.5 cm³/mol. The Morgan fingerprint density at radius 3 is 3.08 bits per heavy atom. The third-order valence-corrected chi connectivity index (χ3v) is 1.56. The molecule has 0 aliphatic rings. The van der Waals surface area contributed by atoms with Crippen molar-refractivity contribution in [2.45, 2.75) is 26.1 Å². The van der Waals surface area contributed by atoms with Gasteiger partial charge in [0.2, 0.25) is 6.33 Å². The number of rotatable bonds is 4. The molecule has 0 amide bonds. The van der Waals surface area contributed by atoms with E-state index in [9.17, 15) is 0 Å². The molecule has 0 radical (unpaired) electrons. The van der Waals surface area contributed by atoms with Crippen molar-refractivity contribution in [2.75, 3.05) is 0 Å². The fraction of sp³-hybridized carbons (Fsp3) is 0.444. The second-order valence-electron chi connectivity index (χ2n) is 2.94. The highest BCUT2D eigenvalue weighted by Crippen LogP contribution is 1.86. The molecule has 0 saturated heterocycles. The lowest BCUT2D eigenvalue weighted by atomic mass is 10.4. The fourth-order valence-corrected chi connectivity index (χ4v) is 1.11. The van der Waals surface area contributed by atoms with Gasteiger partial charge in [0.1, 0.15) is 25.5 Å². The standard InChI is InChI=1S/C9H15N2O/c1-3-4-10-5-6-11(8-10)7-9(2)12/h3,5-6,8-9,12H,1,4,7H2,2H3/q+1. The van der Waals surface area contributed by atoms with E-state index in [-0.39, 0.29) is 6.10 Å². The molecule has 1 aromatic rings. The summed E-state index contributed by atoms with van der Waals surface area (Å²) in [4.78, 5) is 0. The average Bonchev–Trinajstić information content (AvgIpc) is 2.36. The summed E-state index contributed by atoms with van der Waals surface area (Å²) in [6.07, 6.45) is 7.40.